The first-order valence-corrected chi connectivity index (χ1v) is 10.6. The van der Waals surface area contributed by atoms with Crippen molar-refractivity contribution in [1.82, 2.24) is 14.9 Å². The number of sulfonamides is 1. The molecule has 1 fully saturated rings. The zero-order valence-corrected chi connectivity index (χ0v) is 16.8. The highest BCUT2D eigenvalue weighted by atomic mass is 32.2. The molecule has 8 nitrogen and oxygen atoms in total. The smallest absolute Gasteiger partial charge is 0.251 e. The Hall–Kier alpha value is -1.52. The number of carbonyl (C=O) groups is 1. The zero-order valence-electron chi connectivity index (χ0n) is 16.0. The maximum atomic E-state index is 12.5. The molecule has 0 saturated carbocycles. The van der Waals surface area contributed by atoms with Crippen molar-refractivity contribution in [2.75, 3.05) is 59.7 Å². The van der Waals surface area contributed by atoms with Gasteiger partial charge in [-0.25, -0.2) is 13.1 Å². The van der Waals surface area contributed by atoms with Gasteiger partial charge in [-0.3, -0.25) is 9.69 Å². The Morgan fingerprint density at radius 3 is 2.70 bits per heavy atom. The normalized spacial score (nSPS) is 15.6. The van der Waals surface area contributed by atoms with Crippen molar-refractivity contribution in [3.63, 3.8) is 0 Å². The molecule has 9 heteroatoms. The van der Waals surface area contributed by atoms with Gasteiger partial charge in [-0.05, 0) is 37.6 Å². The van der Waals surface area contributed by atoms with Crippen LogP contribution in [-0.4, -0.2) is 78.9 Å². The molecule has 2 N–H and O–H groups in total. The van der Waals surface area contributed by atoms with Gasteiger partial charge in [-0.1, -0.05) is 6.07 Å². The van der Waals surface area contributed by atoms with E-state index in [9.17, 15) is 13.2 Å². The highest BCUT2D eigenvalue weighted by Crippen LogP contribution is 2.15. The summed E-state index contributed by atoms with van der Waals surface area (Å²) in [5, 5.41) is 2.71. The number of nitrogens with one attached hydrogen (secondary N) is 2. The maximum Gasteiger partial charge on any atom is 0.251 e. The molecular weight excluding hydrogens is 370 g/mol. The number of carbonyl (C=O) groups excluding carboxylic acids is 1. The minimum absolute atomic E-state index is 0.0939. The van der Waals surface area contributed by atoms with Gasteiger partial charge in [0, 0.05) is 38.9 Å². The summed E-state index contributed by atoms with van der Waals surface area (Å²) in [4.78, 5) is 14.6. The lowest BCUT2D eigenvalue weighted by Crippen LogP contribution is -2.38. The van der Waals surface area contributed by atoms with Gasteiger partial charge in [0.1, 0.15) is 0 Å². The number of hydrogen-bond donors (Lipinski definition) is 2. The van der Waals surface area contributed by atoms with Crippen molar-refractivity contribution in [2.24, 2.45) is 0 Å². The summed E-state index contributed by atoms with van der Waals surface area (Å²) < 4.78 is 37.9. The first-order chi connectivity index (χ1) is 12.9. The van der Waals surface area contributed by atoms with Crippen molar-refractivity contribution in [3.8, 4) is 0 Å². The summed E-state index contributed by atoms with van der Waals surface area (Å²) in [6.45, 7) is 6.93. The largest absolute Gasteiger partial charge is 0.383 e. The van der Waals surface area contributed by atoms with Crippen LogP contribution >= 0.6 is 0 Å². The van der Waals surface area contributed by atoms with Crippen LogP contribution in [0.25, 0.3) is 0 Å². The molecule has 1 aliphatic rings. The SMILES string of the molecule is COCCNC(=O)c1cc(S(=O)(=O)NCCCN2CCOCC2)ccc1C. The maximum absolute atomic E-state index is 12.5. The molecule has 1 aromatic rings. The fraction of sp³-hybridized carbons (Fsp3) is 0.611. The number of nitrogens with zero attached hydrogens (tertiary/aromatic N) is 1. The summed E-state index contributed by atoms with van der Waals surface area (Å²) in [5.74, 6) is -0.311. The number of aryl methyl sites for hydroxylation is 1. The molecule has 152 valence electrons. The quantitative estimate of drug-likeness (QED) is 0.552. The van der Waals surface area contributed by atoms with Gasteiger partial charge in [0.25, 0.3) is 5.91 Å². The van der Waals surface area contributed by atoms with Gasteiger partial charge >= 0.3 is 0 Å². The van der Waals surface area contributed by atoms with Crippen LogP contribution in [0.3, 0.4) is 0 Å². The van der Waals surface area contributed by atoms with Crippen molar-refractivity contribution >= 4 is 15.9 Å². The lowest BCUT2D eigenvalue weighted by Gasteiger charge is -2.26. The molecule has 1 amide bonds. The van der Waals surface area contributed by atoms with E-state index < -0.39 is 10.0 Å². The lowest BCUT2D eigenvalue weighted by molar-refractivity contribution is 0.0376. The Kier molecular flexibility index (Phi) is 8.65. The number of methoxy groups -OCH3 is 1. The fourth-order valence-electron chi connectivity index (χ4n) is 2.79. The Balaban J connectivity index is 1.92. The van der Waals surface area contributed by atoms with Crippen molar-refractivity contribution in [1.29, 1.82) is 0 Å². The fourth-order valence-corrected chi connectivity index (χ4v) is 3.89. The van der Waals surface area contributed by atoms with E-state index in [1.165, 1.54) is 12.1 Å². The third-order valence-electron chi connectivity index (χ3n) is 4.40. The number of morpholine rings is 1. The van der Waals surface area contributed by atoms with E-state index in [0.29, 0.717) is 25.3 Å². The highest BCUT2D eigenvalue weighted by molar-refractivity contribution is 7.89. The third kappa shape index (κ3) is 6.86. The molecule has 1 heterocycles. The first-order valence-electron chi connectivity index (χ1n) is 9.11. The standard InChI is InChI=1S/C18H29N3O5S/c1-15-4-5-16(14-17(15)18(22)19-7-11-25-2)27(23,24)20-6-3-8-21-9-12-26-13-10-21/h4-5,14,20H,3,6-13H2,1-2H3,(H,19,22). The zero-order chi connectivity index (χ0) is 19.7. The number of amides is 1. The van der Waals surface area contributed by atoms with Gasteiger partial charge in [-0.15, -0.1) is 0 Å². The molecule has 0 radical (unpaired) electrons. The van der Waals surface area contributed by atoms with E-state index in [4.69, 9.17) is 9.47 Å². The minimum Gasteiger partial charge on any atom is -0.383 e. The first kappa shape index (κ1) is 21.8. The van der Waals surface area contributed by atoms with Gasteiger partial charge < -0.3 is 14.8 Å². The molecule has 0 spiro atoms. The highest BCUT2D eigenvalue weighted by Gasteiger charge is 2.18. The topological polar surface area (TPSA) is 97.0 Å². The summed E-state index contributed by atoms with van der Waals surface area (Å²) in [6, 6.07) is 4.58. The number of benzene rings is 1. The molecule has 1 saturated heterocycles. The Morgan fingerprint density at radius 1 is 1.26 bits per heavy atom. The molecule has 0 unspecified atom stereocenters. The Bertz CT molecular complexity index is 718. The average molecular weight is 400 g/mol. The summed E-state index contributed by atoms with van der Waals surface area (Å²) in [5.41, 5.74) is 1.07. The van der Waals surface area contributed by atoms with Crippen LogP contribution in [-0.2, 0) is 19.5 Å². The van der Waals surface area contributed by atoms with Crippen molar-refractivity contribution in [2.45, 2.75) is 18.2 Å². The van der Waals surface area contributed by atoms with Crippen LogP contribution in [0, 0.1) is 6.92 Å². The second-order valence-corrected chi connectivity index (χ2v) is 8.20. The second kappa shape index (κ2) is 10.7. The minimum atomic E-state index is -3.66. The molecule has 2 rings (SSSR count). The summed E-state index contributed by atoms with van der Waals surface area (Å²) in [7, 11) is -2.11. The van der Waals surface area contributed by atoms with Crippen LogP contribution in [0.15, 0.2) is 23.1 Å². The lowest BCUT2D eigenvalue weighted by atomic mass is 10.1. The monoisotopic (exact) mass is 399 g/mol. The van der Waals surface area contributed by atoms with E-state index in [-0.39, 0.29) is 10.8 Å². The third-order valence-corrected chi connectivity index (χ3v) is 5.86. The van der Waals surface area contributed by atoms with Crippen LogP contribution in [0.5, 0.6) is 0 Å². The number of ether oxygens (including phenoxy) is 2. The van der Waals surface area contributed by atoms with E-state index >= 15 is 0 Å². The van der Waals surface area contributed by atoms with Gasteiger partial charge in [0.05, 0.1) is 24.7 Å². The van der Waals surface area contributed by atoms with E-state index in [2.05, 4.69) is 14.9 Å². The Labute approximate surface area is 161 Å². The predicted molar refractivity (Wildman–Crippen MR) is 102 cm³/mol. The van der Waals surface area contributed by atoms with Gasteiger partial charge in [0.2, 0.25) is 10.0 Å². The molecule has 0 aromatic heterocycles. The van der Waals surface area contributed by atoms with Crippen LogP contribution in [0.1, 0.15) is 22.3 Å². The van der Waals surface area contributed by atoms with Gasteiger partial charge in [0.15, 0.2) is 0 Å². The number of hydrogen-bond acceptors (Lipinski definition) is 6. The Morgan fingerprint density at radius 2 is 2.00 bits per heavy atom. The molecule has 0 bridgehead atoms. The molecule has 0 aliphatic carbocycles. The van der Waals surface area contributed by atoms with Crippen LogP contribution < -0.4 is 10.0 Å². The molecule has 1 aromatic carbocycles. The molecule has 1 aliphatic heterocycles. The van der Waals surface area contributed by atoms with E-state index in [1.807, 2.05) is 0 Å². The molecular formula is C18H29N3O5S. The average Bonchev–Trinajstić information content (AvgIpc) is 2.66. The second-order valence-electron chi connectivity index (χ2n) is 6.43. The van der Waals surface area contributed by atoms with Gasteiger partial charge in [-0.2, -0.15) is 0 Å². The summed E-state index contributed by atoms with van der Waals surface area (Å²) >= 11 is 0. The summed E-state index contributed by atoms with van der Waals surface area (Å²) in [6.07, 6.45) is 0.718. The van der Waals surface area contributed by atoms with Crippen molar-refractivity contribution < 1.29 is 22.7 Å². The van der Waals surface area contributed by atoms with E-state index in [0.717, 1.165) is 44.8 Å². The van der Waals surface area contributed by atoms with Crippen LogP contribution in [0.2, 0.25) is 0 Å². The molecule has 0 atom stereocenters. The number of rotatable bonds is 10. The molecule has 27 heavy (non-hydrogen) atoms. The van der Waals surface area contributed by atoms with E-state index in [1.54, 1.807) is 20.1 Å². The van der Waals surface area contributed by atoms with Crippen LogP contribution in [0.4, 0.5) is 0 Å². The predicted octanol–water partition coefficient (Wildman–Crippen LogP) is 0.372. The van der Waals surface area contributed by atoms with Crippen molar-refractivity contribution in [3.05, 3.63) is 29.3 Å².